The fourth-order valence-corrected chi connectivity index (χ4v) is 3.01. The molecule has 0 N–H and O–H groups in total. The van der Waals surface area contributed by atoms with Crippen molar-refractivity contribution in [2.75, 3.05) is 33.4 Å². The number of likely N-dealkylation sites (tertiary alicyclic amines) is 1. The second kappa shape index (κ2) is 8.94. The van der Waals surface area contributed by atoms with E-state index in [9.17, 15) is 4.39 Å². The Balaban J connectivity index is 1.58. The normalized spacial score (nSPS) is 14.9. The molecule has 26 heavy (non-hydrogen) atoms. The van der Waals surface area contributed by atoms with Gasteiger partial charge in [0.1, 0.15) is 12.0 Å². The van der Waals surface area contributed by atoms with Crippen LogP contribution in [0.15, 0.2) is 30.5 Å². The molecule has 1 aromatic carbocycles. The van der Waals surface area contributed by atoms with E-state index in [1.165, 1.54) is 0 Å². The molecule has 2 aromatic rings. The van der Waals surface area contributed by atoms with Crippen LogP contribution in [0.4, 0.5) is 4.39 Å². The molecule has 2 heterocycles. The van der Waals surface area contributed by atoms with Gasteiger partial charge in [0.05, 0.1) is 13.7 Å². The lowest BCUT2D eigenvalue weighted by atomic mass is 10.1. The molecule has 140 valence electrons. The third-order valence-electron chi connectivity index (χ3n) is 4.50. The number of aryl methyl sites for hydroxylation is 1. The van der Waals surface area contributed by atoms with Crippen molar-refractivity contribution in [3.05, 3.63) is 47.5 Å². The molecule has 6 heteroatoms. The lowest BCUT2D eigenvalue weighted by Gasteiger charge is -2.34. The molecular formula is C20H26FN3O2. The summed E-state index contributed by atoms with van der Waals surface area (Å²) >= 11 is 0. The van der Waals surface area contributed by atoms with E-state index in [1.54, 1.807) is 13.3 Å². The molecule has 0 unspecified atom stereocenters. The number of ether oxygens (including phenoxy) is 2. The monoisotopic (exact) mass is 359 g/mol. The van der Waals surface area contributed by atoms with Crippen molar-refractivity contribution in [2.45, 2.75) is 32.4 Å². The minimum atomic E-state index is -0.652. The van der Waals surface area contributed by atoms with Crippen molar-refractivity contribution in [1.29, 1.82) is 0 Å². The Morgan fingerprint density at radius 3 is 2.81 bits per heavy atom. The van der Waals surface area contributed by atoms with E-state index in [0.29, 0.717) is 31.9 Å². The summed E-state index contributed by atoms with van der Waals surface area (Å²) in [5.74, 6) is 2.24. The van der Waals surface area contributed by atoms with Gasteiger partial charge in [0.15, 0.2) is 11.5 Å². The molecule has 1 aliphatic heterocycles. The smallest absolute Gasteiger partial charge is 0.161 e. The summed E-state index contributed by atoms with van der Waals surface area (Å²) in [5, 5.41) is 0. The fourth-order valence-electron chi connectivity index (χ4n) is 3.01. The van der Waals surface area contributed by atoms with Crippen LogP contribution in [-0.4, -0.2) is 54.4 Å². The maximum atomic E-state index is 12.8. The van der Waals surface area contributed by atoms with Crippen molar-refractivity contribution in [3.63, 3.8) is 0 Å². The zero-order valence-electron chi connectivity index (χ0n) is 15.4. The summed E-state index contributed by atoms with van der Waals surface area (Å²) < 4.78 is 24.1. The molecule has 3 rings (SSSR count). The van der Waals surface area contributed by atoms with Crippen LogP contribution < -0.4 is 9.47 Å². The van der Waals surface area contributed by atoms with Crippen molar-refractivity contribution in [2.24, 2.45) is 0 Å². The first kappa shape index (κ1) is 18.6. The van der Waals surface area contributed by atoms with Gasteiger partial charge in [0.25, 0.3) is 0 Å². The first-order valence-electron chi connectivity index (χ1n) is 9.15. The van der Waals surface area contributed by atoms with Crippen LogP contribution in [0, 0.1) is 0 Å². The molecule has 1 saturated heterocycles. The average molecular weight is 359 g/mol. The van der Waals surface area contributed by atoms with Gasteiger partial charge in [-0.15, -0.1) is 0 Å². The van der Waals surface area contributed by atoms with Crippen molar-refractivity contribution < 1.29 is 13.9 Å². The highest BCUT2D eigenvalue weighted by Gasteiger charge is 2.25. The number of benzene rings is 1. The predicted octanol–water partition coefficient (Wildman–Crippen LogP) is 3.06. The van der Waals surface area contributed by atoms with Crippen LogP contribution in [-0.2, 0) is 12.8 Å². The maximum Gasteiger partial charge on any atom is 0.161 e. The highest BCUT2D eigenvalue weighted by Crippen LogP contribution is 2.29. The van der Waals surface area contributed by atoms with Crippen LogP contribution in [0.1, 0.15) is 30.4 Å². The molecular weight excluding hydrogens is 333 g/mol. The summed E-state index contributed by atoms with van der Waals surface area (Å²) in [6.45, 7) is 4.62. The van der Waals surface area contributed by atoms with Gasteiger partial charge in [-0.2, -0.15) is 0 Å². The second-order valence-electron chi connectivity index (χ2n) is 6.54. The summed E-state index contributed by atoms with van der Waals surface area (Å²) in [5.41, 5.74) is 2.12. The number of methoxy groups -OCH3 is 1. The van der Waals surface area contributed by atoms with Crippen LogP contribution >= 0.6 is 0 Å². The van der Waals surface area contributed by atoms with E-state index >= 15 is 0 Å². The summed E-state index contributed by atoms with van der Waals surface area (Å²) in [7, 11) is 1.64. The van der Waals surface area contributed by atoms with Crippen LogP contribution in [0.2, 0.25) is 0 Å². The fraction of sp³-hybridized carbons (Fsp3) is 0.500. The van der Waals surface area contributed by atoms with Crippen molar-refractivity contribution in [3.8, 4) is 11.5 Å². The minimum Gasteiger partial charge on any atom is -0.493 e. The molecule has 0 spiro atoms. The third-order valence-corrected chi connectivity index (χ3v) is 4.50. The Morgan fingerprint density at radius 1 is 1.23 bits per heavy atom. The van der Waals surface area contributed by atoms with Gasteiger partial charge in [0, 0.05) is 37.9 Å². The second-order valence-corrected chi connectivity index (χ2v) is 6.54. The zero-order valence-corrected chi connectivity index (χ0v) is 15.4. The Bertz CT molecular complexity index is 720. The number of halogens is 1. The molecule has 0 bridgehead atoms. The number of rotatable bonds is 9. The van der Waals surface area contributed by atoms with Gasteiger partial charge in [-0.25, -0.2) is 14.4 Å². The van der Waals surface area contributed by atoms with Crippen LogP contribution in [0.5, 0.6) is 11.5 Å². The highest BCUT2D eigenvalue weighted by atomic mass is 19.1. The molecule has 0 amide bonds. The van der Waals surface area contributed by atoms with Gasteiger partial charge in [0.2, 0.25) is 0 Å². The minimum absolute atomic E-state index is 0.551. The third kappa shape index (κ3) is 4.91. The van der Waals surface area contributed by atoms with Gasteiger partial charge in [-0.1, -0.05) is 13.0 Å². The molecule has 0 saturated carbocycles. The maximum absolute atomic E-state index is 12.8. The van der Waals surface area contributed by atoms with E-state index < -0.39 is 6.17 Å². The quantitative estimate of drug-likeness (QED) is 0.644. The molecule has 0 radical (unpaired) electrons. The Morgan fingerprint density at radius 2 is 2.08 bits per heavy atom. The SMILES string of the molecule is CCc1ccnc(Cc2ccc(OC)c(OCCCN3CC(F)C3)c2)n1. The van der Waals surface area contributed by atoms with Gasteiger partial charge in [-0.3, -0.25) is 4.90 Å². The summed E-state index contributed by atoms with van der Waals surface area (Å²) in [6.07, 6.45) is 3.56. The number of nitrogens with zero attached hydrogens (tertiary/aromatic N) is 3. The largest absolute Gasteiger partial charge is 0.493 e. The number of aromatic nitrogens is 2. The zero-order chi connectivity index (χ0) is 18.4. The summed E-state index contributed by atoms with van der Waals surface area (Å²) in [6, 6.07) is 7.85. The van der Waals surface area contributed by atoms with Gasteiger partial charge < -0.3 is 9.47 Å². The first-order chi connectivity index (χ1) is 12.7. The Kier molecular flexibility index (Phi) is 6.39. The van der Waals surface area contributed by atoms with E-state index in [2.05, 4.69) is 21.8 Å². The van der Waals surface area contributed by atoms with Crippen LogP contribution in [0.3, 0.4) is 0 Å². The standard InChI is InChI=1S/C20H26FN3O2/c1-3-17-7-8-22-20(23-17)12-15-5-6-18(25-2)19(11-15)26-10-4-9-24-13-16(21)14-24/h5-8,11,16H,3-4,9-10,12-14H2,1-2H3. The highest BCUT2D eigenvalue weighted by molar-refractivity contribution is 5.43. The number of hydrogen-bond donors (Lipinski definition) is 0. The van der Waals surface area contributed by atoms with E-state index in [1.807, 2.05) is 24.3 Å². The molecule has 0 aliphatic carbocycles. The number of alkyl halides is 1. The van der Waals surface area contributed by atoms with E-state index in [0.717, 1.165) is 42.2 Å². The topological polar surface area (TPSA) is 47.5 Å². The molecule has 1 aromatic heterocycles. The van der Waals surface area contributed by atoms with Crippen molar-refractivity contribution in [1.82, 2.24) is 14.9 Å². The summed E-state index contributed by atoms with van der Waals surface area (Å²) in [4.78, 5) is 11.0. The average Bonchev–Trinajstić information content (AvgIpc) is 2.64. The molecule has 1 fully saturated rings. The Labute approximate surface area is 154 Å². The molecule has 0 atom stereocenters. The van der Waals surface area contributed by atoms with Gasteiger partial charge >= 0.3 is 0 Å². The van der Waals surface area contributed by atoms with E-state index in [4.69, 9.17) is 9.47 Å². The molecule has 1 aliphatic rings. The van der Waals surface area contributed by atoms with Crippen molar-refractivity contribution >= 4 is 0 Å². The lowest BCUT2D eigenvalue weighted by Crippen LogP contribution is -2.48. The number of hydrogen-bond acceptors (Lipinski definition) is 5. The van der Waals surface area contributed by atoms with E-state index in [-0.39, 0.29) is 0 Å². The van der Waals surface area contributed by atoms with Crippen LogP contribution in [0.25, 0.3) is 0 Å². The lowest BCUT2D eigenvalue weighted by molar-refractivity contribution is 0.0611. The predicted molar refractivity (Wildman–Crippen MR) is 98.7 cm³/mol. The first-order valence-corrected chi connectivity index (χ1v) is 9.15. The Hall–Kier alpha value is -2.21. The van der Waals surface area contributed by atoms with Gasteiger partial charge in [-0.05, 0) is 36.6 Å². The molecule has 5 nitrogen and oxygen atoms in total.